The van der Waals surface area contributed by atoms with Gasteiger partial charge in [-0.1, -0.05) is 61.5 Å². The Morgan fingerprint density at radius 1 is 0.957 bits per heavy atom. The van der Waals surface area contributed by atoms with Crippen LogP contribution in [-0.2, 0) is 10.8 Å². The molecular formula is C20H36ClNO. The first-order valence-electron chi connectivity index (χ1n) is 8.47. The normalized spacial score (nSPS) is 13.8. The topological polar surface area (TPSA) is 46.2 Å². The molecule has 0 heterocycles. The van der Waals surface area contributed by atoms with Gasteiger partial charge in [0, 0.05) is 11.6 Å². The third kappa shape index (κ3) is 6.00. The highest BCUT2D eigenvalue weighted by Gasteiger charge is 2.26. The zero-order valence-corrected chi connectivity index (χ0v) is 17.0. The van der Waals surface area contributed by atoms with Gasteiger partial charge in [-0.2, -0.15) is 0 Å². The van der Waals surface area contributed by atoms with Gasteiger partial charge in [0.05, 0.1) is 0 Å². The van der Waals surface area contributed by atoms with Gasteiger partial charge in [0.25, 0.3) is 0 Å². The van der Waals surface area contributed by atoms with E-state index in [2.05, 4.69) is 67.5 Å². The van der Waals surface area contributed by atoms with Gasteiger partial charge in [-0.25, -0.2) is 0 Å². The van der Waals surface area contributed by atoms with E-state index < -0.39 is 0 Å². The maximum Gasteiger partial charge on any atom is 0.124 e. The lowest BCUT2D eigenvalue weighted by atomic mass is 9.78. The van der Waals surface area contributed by atoms with Crippen LogP contribution in [0.3, 0.4) is 0 Å². The van der Waals surface area contributed by atoms with Crippen molar-refractivity contribution >= 4 is 12.4 Å². The highest BCUT2D eigenvalue weighted by Crippen LogP contribution is 2.40. The monoisotopic (exact) mass is 341 g/mol. The second kappa shape index (κ2) is 7.90. The van der Waals surface area contributed by atoms with Gasteiger partial charge in [-0.3, -0.25) is 0 Å². The molecule has 0 bridgehead atoms. The van der Waals surface area contributed by atoms with Crippen LogP contribution < -0.4 is 5.73 Å². The summed E-state index contributed by atoms with van der Waals surface area (Å²) in [5, 5.41) is 10.8. The molecule has 0 aliphatic rings. The Labute approximate surface area is 149 Å². The van der Waals surface area contributed by atoms with Crippen molar-refractivity contribution in [3.05, 3.63) is 28.8 Å². The van der Waals surface area contributed by atoms with Crippen molar-refractivity contribution in [1.82, 2.24) is 0 Å². The standard InChI is InChI=1S/C20H35NO.ClH/c1-13(2)9-10-17(21)15-11-14(19(3,4)5)12-16(18(15)22)20(6,7)8;/h11-13,17,22H,9-10,21H2,1-8H3;1H/t17-;/m1./s1. The molecule has 0 aliphatic carbocycles. The summed E-state index contributed by atoms with van der Waals surface area (Å²) in [4.78, 5) is 0. The van der Waals surface area contributed by atoms with Crippen molar-refractivity contribution in [2.45, 2.75) is 85.1 Å². The SMILES string of the molecule is CC(C)CC[C@@H](N)c1cc(C(C)(C)C)cc(C(C)(C)C)c1O.Cl. The second-order valence-corrected chi connectivity index (χ2v) is 9.04. The van der Waals surface area contributed by atoms with Crippen molar-refractivity contribution in [3.8, 4) is 5.75 Å². The number of phenols is 1. The highest BCUT2D eigenvalue weighted by molar-refractivity contribution is 5.85. The minimum atomic E-state index is -0.106. The van der Waals surface area contributed by atoms with Gasteiger partial charge >= 0.3 is 0 Å². The molecule has 0 unspecified atom stereocenters. The summed E-state index contributed by atoms with van der Waals surface area (Å²) in [5.74, 6) is 1.01. The first kappa shape index (κ1) is 22.3. The molecule has 1 aromatic rings. The van der Waals surface area contributed by atoms with E-state index >= 15 is 0 Å². The number of nitrogens with two attached hydrogens (primary N) is 1. The third-order valence-electron chi connectivity index (χ3n) is 4.27. The second-order valence-electron chi connectivity index (χ2n) is 9.04. The average Bonchev–Trinajstić information content (AvgIpc) is 2.33. The lowest BCUT2D eigenvalue weighted by Gasteiger charge is -2.29. The maximum atomic E-state index is 10.8. The van der Waals surface area contributed by atoms with Crippen LogP contribution in [0.2, 0.25) is 0 Å². The van der Waals surface area contributed by atoms with Gasteiger partial charge in [0.15, 0.2) is 0 Å². The minimum absolute atomic E-state index is 0. The third-order valence-corrected chi connectivity index (χ3v) is 4.27. The molecule has 3 heteroatoms. The van der Waals surface area contributed by atoms with Gasteiger partial charge in [-0.05, 0) is 46.8 Å². The molecule has 0 saturated carbocycles. The van der Waals surface area contributed by atoms with Crippen molar-refractivity contribution in [3.63, 3.8) is 0 Å². The lowest BCUT2D eigenvalue weighted by Crippen LogP contribution is -2.20. The van der Waals surface area contributed by atoms with E-state index in [4.69, 9.17) is 5.73 Å². The first-order valence-corrected chi connectivity index (χ1v) is 8.47. The molecule has 0 radical (unpaired) electrons. The quantitative estimate of drug-likeness (QED) is 0.722. The Morgan fingerprint density at radius 3 is 1.87 bits per heavy atom. The average molecular weight is 342 g/mol. The van der Waals surface area contributed by atoms with Crippen molar-refractivity contribution in [2.75, 3.05) is 0 Å². The van der Waals surface area contributed by atoms with Gasteiger partial charge < -0.3 is 10.8 Å². The molecule has 3 N–H and O–H groups in total. The summed E-state index contributed by atoms with van der Waals surface area (Å²) < 4.78 is 0. The minimum Gasteiger partial charge on any atom is -0.507 e. The van der Waals surface area contributed by atoms with Crippen LogP contribution >= 0.6 is 12.4 Å². The van der Waals surface area contributed by atoms with E-state index in [1.165, 1.54) is 5.56 Å². The number of aromatic hydroxyl groups is 1. The zero-order valence-electron chi connectivity index (χ0n) is 16.2. The molecular weight excluding hydrogens is 306 g/mol. The lowest BCUT2D eigenvalue weighted by molar-refractivity contribution is 0.424. The number of rotatable bonds is 4. The van der Waals surface area contributed by atoms with Gasteiger partial charge in [0.2, 0.25) is 0 Å². The van der Waals surface area contributed by atoms with E-state index in [1.807, 2.05) is 0 Å². The molecule has 0 saturated heterocycles. The molecule has 0 amide bonds. The number of hydrogen-bond acceptors (Lipinski definition) is 2. The number of benzene rings is 1. The molecule has 2 nitrogen and oxygen atoms in total. The largest absolute Gasteiger partial charge is 0.507 e. The number of phenolic OH excluding ortho intramolecular Hbond substituents is 1. The van der Waals surface area contributed by atoms with Crippen LogP contribution in [0, 0.1) is 5.92 Å². The van der Waals surface area contributed by atoms with E-state index in [0.717, 1.165) is 24.0 Å². The molecule has 0 aromatic heterocycles. The Morgan fingerprint density at radius 2 is 1.48 bits per heavy atom. The Hall–Kier alpha value is -0.730. The van der Waals surface area contributed by atoms with E-state index in [0.29, 0.717) is 11.7 Å². The van der Waals surface area contributed by atoms with Crippen LogP contribution in [0.15, 0.2) is 12.1 Å². The number of hydrogen-bond donors (Lipinski definition) is 2. The summed E-state index contributed by atoms with van der Waals surface area (Å²) in [5.41, 5.74) is 9.49. The molecule has 0 aliphatic heterocycles. The summed E-state index contributed by atoms with van der Waals surface area (Å²) in [6.45, 7) is 17.4. The fourth-order valence-corrected chi connectivity index (χ4v) is 2.61. The molecule has 23 heavy (non-hydrogen) atoms. The smallest absolute Gasteiger partial charge is 0.124 e. The fourth-order valence-electron chi connectivity index (χ4n) is 2.61. The number of halogens is 1. The molecule has 1 rings (SSSR count). The molecule has 1 aromatic carbocycles. The predicted molar refractivity (Wildman–Crippen MR) is 104 cm³/mol. The van der Waals surface area contributed by atoms with Crippen LogP contribution in [0.25, 0.3) is 0 Å². The van der Waals surface area contributed by atoms with E-state index in [1.54, 1.807) is 0 Å². The van der Waals surface area contributed by atoms with Gasteiger partial charge in [0.1, 0.15) is 5.75 Å². The molecule has 0 spiro atoms. The maximum absolute atomic E-state index is 10.8. The van der Waals surface area contributed by atoms with E-state index in [9.17, 15) is 5.11 Å². The molecule has 134 valence electrons. The van der Waals surface area contributed by atoms with Crippen LogP contribution in [0.4, 0.5) is 0 Å². The van der Waals surface area contributed by atoms with Crippen molar-refractivity contribution < 1.29 is 5.11 Å². The van der Waals surface area contributed by atoms with Crippen molar-refractivity contribution in [2.24, 2.45) is 11.7 Å². The predicted octanol–water partition coefficient (Wildman–Crippen LogP) is 5.85. The van der Waals surface area contributed by atoms with Crippen LogP contribution in [-0.4, -0.2) is 5.11 Å². The van der Waals surface area contributed by atoms with Gasteiger partial charge in [-0.15, -0.1) is 12.4 Å². The first-order chi connectivity index (χ1) is 9.84. The summed E-state index contributed by atoms with van der Waals surface area (Å²) in [6.07, 6.45) is 1.98. The Kier molecular flexibility index (Phi) is 7.64. The molecule has 1 atom stereocenters. The van der Waals surface area contributed by atoms with Crippen LogP contribution in [0.5, 0.6) is 5.75 Å². The Bertz CT molecular complexity index is 510. The summed E-state index contributed by atoms with van der Waals surface area (Å²) in [6, 6.07) is 4.15. The van der Waals surface area contributed by atoms with Crippen molar-refractivity contribution in [1.29, 1.82) is 0 Å². The van der Waals surface area contributed by atoms with E-state index in [-0.39, 0.29) is 29.3 Å². The summed E-state index contributed by atoms with van der Waals surface area (Å²) >= 11 is 0. The fraction of sp³-hybridized carbons (Fsp3) is 0.700. The highest BCUT2D eigenvalue weighted by atomic mass is 35.5. The van der Waals surface area contributed by atoms with Crippen LogP contribution in [0.1, 0.15) is 91.0 Å². The zero-order chi connectivity index (χ0) is 17.3. The molecule has 0 fully saturated rings. The Balaban J connectivity index is 0.00000484. The summed E-state index contributed by atoms with van der Waals surface area (Å²) in [7, 11) is 0.